The predicted molar refractivity (Wildman–Crippen MR) is 76.9 cm³/mol. The van der Waals surface area contributed by atoms with Gasteiger partial charge in [0.25, 0.3) is 5.56 Å². The lowest BCUT2D eigenvalue weighted by molar-refractivity contribution is -0.153. The molecule has 7 heteroatoms. The highest BCUT2D eigenvalue weighted by Crippen LogP contribution is 2.16. The molecule has 0 atom stereocenters. The van der Waals surface area contributed by atoms with Crippen molar-refractivity contribution in [3.63, 3.8) is 0 Å². The fraction of sp³-hybridized carbons (Fsp3) is 0.500. The monoisotopic (exact) mass is 293 g/mol. The first-order valence-corrected chi connectivity index (χ1v) is 6.70. The zero-order valence-corrected chi connectivity index (χ0v) is 12.4. The molecule has 2 rings (SSSR count). The van der Waals surface area contributed by atoms with Crippen molar-refractivity contribution in [1.29, 1.82) is 0 Å². The minimum Gasteiger partial charge on any atom is -0.372 e. The van der Waals surface area contributed by atoms with E-state index in [9.17, 15) is 14.4 Å². The highest BCUT2D eigenvalue weighted by molar-refractivity contribution is 6.39. The fourth-order valence-electron chi connectivity index (χ4n) is 2.20. The van der Waals surface area contributed by atoms with Crippen LogP contribution in [0.4, 0.5) is 5.69 Å². The molecule has 0 bridgehead atoms. The summed E-state index contributed by atoms with van der Waals surface area (Å²) in [5.74, 6) is -1.46. The molecule has 0 unspecified atom stereocenters. The van der Waals surface area contributed by atoms with Crippen LogP contribution in [0.5, 0.6) is 0 Å². The second-order valence-electron chi connectivity index (χ2n) is 5.63. The maximum absolute atomic E-state index is 12.1. The molecule has 2 amide bonds. The van der Waals surface area contributed by atoms with E-state index in [1.54, 1.807) is 19.3 Å². The highest BCUT2D eigenvalue weighted by Gasteiger charge is 2.32. The normalized spacial score (nSPS) is 17.4. The molecule has 2 heterocycles. The van der Waals surface area contributed by atoms with Gasteiger partial charge in [0.1, 0.15) is 5.69 Å². The maximum atomic E-state index is 12.1. The van der Waals surface area contributed by atoms with Crippen molar-refractivity contribution in [2.24, 2.45) is 7.05 Å². The van der Waals surface area contributed by atoms with Crippen LogP contribution in [0.1, 0.15) is 13.8 Å². The van der Waals surface area contributed by atoms with Gasteiger partial charge >= 0.3 is 11.8 Å². The van der Waals surface area contributed by atoms with E-state index in [0.717, 1.165) is 0 Å². The van der Waals surface area contributed by atoms with Crippen LogP contribution < -0.4 is 10.9 Å². The Morgan fingerprint density at radius 3 is 2.76 bits per heavy atom. The number of carbonyl (C=O) groups excluding carboxylic acids is 2. The van der Waals surface area contributed by atoms with Gasteiger partial charge in [-0.05, 0) is 26.0 Å². The number of nitrogens with one attached hydrogen (secondary N) is 1. The molecular weight excluding hydrogens is 274 g/mol. The van der Waals surface area contributed by atoms with Gasteiger partial charge in [-0.2, -0.15) is 0 Å². The van der Waals surface area contributed by atoms with E-state index in [4.69, 9.17) is 4.74 Å². The quantitative estimate of drug-likeness (QED) is 0.737. The van der Waals surface area contributed by atoms with Gasteiger partial charge in [-0.25, -0.2) is 0 Å². The summed E-state index contributed by atoms with van der Waals surface area (Å²) in [5, 5.41) is 2.37. The Bertz CT molecular complexity index is 621. The average Bonchev–Trinajstić information content (AvgIpc) is 2.42. The van der Waals surface area contributed by atoms with Crippen LogP contribution in [0.2, 0.25) is 0 Å². The summed E-state index contributed by atoms with van der Waals surface area (Å²) in [4.78, 5) is 37.4. The van der Waals surface area contributed by atoms with Gasteiger partial charge in [0.15, 0.2) is 0 Å². The van der Waals surface area contributed by atoms with Crippen molar-refractivity contribution in [3.05, 3.63) is 28.7 Å². The van der Waals surface area contributed by atoms with Gasteiger partial charge in [0, 0.05) is 26.3 Å². The standard InChI is InChI=1S/C14H19N3O4/c1-14(2)9-17(7-8-21-14)13(20)11(18)15-10-5-4-6-16(3)12(10)19/h4-6H,7-9H2,1-3H3,(H,15,18). The first-order valence-electron chi connectivity index (χ1n) is 6.70. The third-order valence-electron chi connectivity index (χ3n) is 3.28. The van der Waals surface area contributed by atoms with E-state index in [1.165, 1.54) is 15.5 Å². The molecule has 1 aromatic rings. The Hall–Kier alpha value is -2.15. The van der Waals surface area contributed by atoms with Crippen molar-refractivity contribution in [1.82, 2.24) is 9.47 Å². The molecule has 114 valence electrons. The minimum absolute atomic E-state index is 0.0888. The summed E-state index contributed by atoms with van der Waals surface area (Å²) in [6, 6.07) is 3.09. The summed E-state index contributed by atoms with van der Waals surface area (Å²) < 4.78 is 6.83. The molecule has 0 aromatic carbocycles. The molecule has 0 radical (unpaired) electrons. The van der Waals surface area contributed by atoms with Gasteiger partial charge in [0.05, 0.1) is 12.2 Å². The summed E-state index contributed by atoms with van der Waals surface area (Å²) >= 11 is 0. The smallest absolute Gasteiger partial charge is 0.314 e. The van der Waals surface area contributed by atoms with E-state index in [-0.39, 0.29) is 11.2 Å². The van der Waals surface area contributed by atoms with Gasteiger partial charge in [0.2, 0.25) is 0 Å². The number of aromatic nitrogens is 1. The Balaban J connectivity index is 2.08. The van der Waals surface area contributed by atoms with Crippen LogP contribution in [0.3, 0.4) is 0 Å². The first kappa shape index (κ1) is 15.2. The van der Waals surface area contributed by atoms with E-state index in [2.05, 4.69) is 5.32 Å². The number of hydrogen-bond donors (Lipinski definition) is 1. The number of aryl methyl sites for hydroxylation is 1. The van der Waals surface area contributed by atoms with Crippen LogP contribution in [0.15, 0.2) is 23.1 Å². The molecule has 21 heavy (non-hydrogen) atoms. The molecule has 1 N–H and O–H groups in total. The van der Waals surface area contributed by atoms with Crippen LogP contribution >= 0.6 is 0 Å². The second-order valence-corrected chi connectivity index (χ2v) is 5.63. The first-order chi connectivity index (χ1) is 9.80. The highest BCUT2D eigenvalue weighted by atomic mass is 16.5. The maximum Gasteiger partial charge on any atom is 0.314 e. The van der Waals surface area contributed by atoms with Gasteiger partial charge < -0.3 is 19.5 Å². The van der Waals surface area contributed by atoms with Gasteiger partial charge in [-0.15, -0.1) is 0 Å². The molecule has 0 aliphatic carbocycles. The zero-order chi connectivity index (χ0) is 15.6. The summed E-state index contributed by atoms with van der Waals surface area (Å²) in [6.07, 6.45) is 1.57. The predicted octanol–water partition coefficient (Wildman–Crippen LogP) is -0.0388. The molecular formula is C14H19N3O4. The fourth-order valence-corrected chi connectivity index (χ4v) is 2.20. The molecule has 1 saturated heterocycles. The number of anilines is 1. The lowest BCUT2D eigenvalue weighted by atomic mass is 10.1. The van der Waals surface area contributed by atoms with E-state index in [0.29, 0.717) is 19.7 Å². The van der Waals surface area contributed by atoms with Crippen molar-refractivity contribution in [2.75, 3.05) is 25.0 Å². The van der Waals surface area contributed by atoms with E-state index in [1.807, 2.05) is 13.8 Å². The lowest BCUT2D eigenvalue weighted by Crippen LogP contribution is -2.53. The summed E-state index contributed by atoms with van der Waals surface area (Å²) in [5.41, 5.74) is -0.747. The van der Waals surface area contributed by atoms with Crippen molar-refractivity contribution in [2.45, 2.75) is 19.4 Å². The number of hydrogen-bond acceptors (Lipinski definition) is 4. The number of pyridine rings is 1. The minimum atomic E-state index is -0.809. The third-order valence-corrected chi connectivity index (χ3v) is 3.28. The zero-order valence-electron chi connectivity index (χ0n) is 12.4. The molecule has 7 nitrogen and oxygen atoms in total. The van der Waals surface area contributed by atoms with E-state index >= 15 is 0 Å². The molecule has 1 aromatic heterocycles. The number of morpholine rings is 1. The Labute approximate surface area is 122 Å². The molecule has 0 spiro atoms. The van der Waals surface area contributed by atoms with Crippen LogP contribution in [0.25, 0.3) is 0 Å². The lowest BCUT2D eigenvalue weighted by Gasteiger charge is -2.37. The SMILES string of the molecule is Cn1cccc(NC(=O)C(=O)N2CCOC(C)(C)C2)c1=O. The molecule has 1 fully saturated rings. The Morgan fingerprint density at radius 2 is 2.10 bits per heavy atom. The number of carbonyl (C=O) groups is 2. The number of rotatable bonds is 1. The molecule has 1 aliphatic heterocycles. The van der Waals surface area contributed by atoms with Crippen LogP contribution in [-0.2, 0) is 21.4 Å². The molecule has 0 saturated carbocycles. The number of amides is 2. The second kappa shape index (κ2) is 5.69. The average molecular weight is 293 g/mol. The molecule has 1 aliphatic rings. The van der Waals surface area contributed by atoms with Gasteiger partial charge in [-0.3, -0.25) is 14.4 Å². The topological polar surface area (TPSA) is 80.6 Å². The van der Waals surface area contributed by atoms with E-state index < -0.39 is 17.4 Å². The summed E-state index contributed by atoms with van der Waals surface area (Å²) in [7, 11) is 1.57. The van der Waals surface area contributed by atoms with Crippen molar-refractivity contribution < 1.29 is 14.3 Å². The third kappa shape index (κ3) is 3.49. The number of nitrogens with zero attached hydrogens (tertiary/aromatic N) is 2. The van der Waals surface area contributed by atoms with Crippen molar-refractivity contribution >= 4 is 17.5 Å². The van der Waals surface area contributed by atoms with Crippen LogP contribution in [-0.4, -0.2) is 46.6 Å². The van der Waals surface area contributed by atoms with Crippen LogP contribution in [0, 0.1) is 0 Å². The Kier molecular flexibility index (Phi) is 4.13. The van der Waals surface area contributed by atoms with Crippen molar-refractivity contribution in [3.8, 4) is 0 Å². The van der Waals surface area contributed by atoms with Gasteiger partial charge in [-0.1, -0.05) is 0 Å². The largest absolute Gasteiger partial charge is 0.372 e. The Morgan fingerprint density at radius 1 is 1.38 bits per heavy atom. The number of ether oxygens (including phenoxy) is 1. The summed E-state index contributed by atoms with van der Waals surface area (Å²) in [6.45, 7) is 4.81.